The highest BCUT2D eigenvalue weighted by molar-refractivity contribution is 5.48. The van der Waals surface area contributed by atoms with Crippen LogP contribution < -0.4 is 15.1 Å². The molecule has 1 aliphatic rings. The maximum atomic E-state index is 4.45. The molecule has 0 bridgehead atoms. The van der Waals surface area contributed by atoms with Crippen molar-refractivity contribution in [1.82, 2.24) is 15.0 Å². The summed E-state index contributed by atoms with van der Waals surface area (Å²) in [6.45, 7) is 2.00. The smallest absolute Gasteiger partial charge is 0.133 e. The molecule has 116 valence electrons. The van der Waals surface area contributed by atoms with Gasteiger partial charge in [0.05, 0.1) is 0 Å². The number of anilines is 3. The summed E-state index contributed by atoms with van der Waals surface area (Å²) in [5.41, 5.74) is 0. The Hall–Kier alpha value is -2.37. The summed E-state index contributed by atoms with van der Waals surface area (Å²) >= 11 is 0. The van der Waals surface area contributed by atoms with Crippen LogP contribution in [0.3, 0.4) is 0 Å². The Morgan fingerprint density at radius 1 is 1.23 bits per heavy atom. The third-order valence-electron chi connectivity index (χ3n) is 3.86. The largest absolute Gasteiger partial charge is 0.365 e. The van der Waals surface area contributed by atoms with Crippen LogP contribution in [-0.4, -0.2) is 48.2 Å². The molecule has 1 fully saturated rings. The van der Waals surface area contributed by atoms with Gasteiger partial charge in [0.25, 0.3) is 0 Å². The molecule has 1 N–H and O–H groups in total. The second-order valence-corrected chi connectivity index (χ2v) is 5.77. The minimum absolute atomic E-state index is 0.376. The lowest BCUT2D eigenvalue weighted by Gasteiger charge is -2.34. The van der Waals surface area contributed by atoms with E-state index in [2.05, 4.69) is 31.2 Å². The fourth-order valence-corrected chi connectivity index (χ4v) is 2.72. The Labute approximate surface area is 131 Å². The van der Waals surface area contributed by atoms with E-state index in [0.717, 1.165) is 43.4 Å². The van der Waals surface area contributed by atoms with E-state index in [4.69, 9.17) is 0 Å². The summed E-state index contributed by atoms with van der Waals surface area (Å²) in [7, 11) is 3.96. The van der Waals surface area contributed by atoms with Crippen molar-refractivity contribution in [2.45, 2.75) is 18.9 Å². The van der Waals surface area contributed by atoms with Gasteiger partial charge in [-0.15, -0.1) is 0 Å². The van der Waals surface area contributed by atoms with E-state index in [-0.39, 0.29) is 0 Å². The van der Waals surface area contributed by atoms with Crippen LogP contribution in [0.1, 0.15) is 12.8 Å². The van der Waals surface area contributed by atoms with Gasteiger partial charge in [-0.05, 0) is 25.0 Å². The van der Waals surface area contributed by atoms with Gasteiger partial charge in [-0.1, -0.05) is 6.07 Å². The first-order valence-corrected chi connectivity index (χ1v) is 7.64. The van der Waals surface area contributed by atoms with Crippen LogP contribution in [0.5, 0.6) is 0 Å². The molecule has 0 aromatic carbocycles. The van der Waals surface area contributed by atoms with Crippen LogP contribution in [0.25, 0.3) is 0 Å². The molecule has 2 aromatic rings. The second kappa shape index (κ2) is 6.60. The van der Waals surface area contributed by atoms with E-state index in [1.165, 1.54) is 0 Å². The predicted octanol–water partition coefficient (Wildman–Crippen LogP) is 2.02. The van der Waals surface area contributed by atoms with Crippen molar-refractivity contribution in [3.8, 4) is 0 Å². The number of hydrogen-bond donors (Lipinski definition) is 1. The van der Waals surface area contributed by atoms with Crippen molar-refractivity contribution in [1.29, 1.82) is 0 Å². The topological polar surface area (TPSA) is 57.2 Å². The zero-order chi connectivity index (χ0) is 15.4. The minimum Gasteiger partial charge on any atom is -0.365 e. The molecule has 0 saturated carbocycles. The average Bonchev–Trinajstić information content (AvgIpc) is 2.56. The molecule has 3 heterocycles. The molecular formula is C16H22N6. The van der Waals surface area contributed by atoms with Gasteiger partial charge in [0.2, 0.25) is 0 Å². The maximum absolute atomic E-state index is 4.45. The summed E-state index contributed by atoms with van der Waals surface area (Å²) < 4.78 is 0. The van der Waals surface area contributed by atoms with Crippen LogP contribution in [0.15, 0.2) is 36.8 Å². The number of piperidine rings is 1. The van der Waals surface area contributed by atoms with Gasteiger partial charge in [0, 0.05) is 45.5 Å². The minimum atomic E-state index is 0.376. The third-order valence-corrected chi connectivity index (χ3v) is 3.86. The van der Waals surface area contributed by atoms with Gasteiger partial charge < -0.3 is 15.1 Å². The summed E-state index contributed by atoms with van der Waals surface area (Å²) in [5, 5.41) is 3.53. The molecule has 1 saturated heterocycles. The van der Waals surface area contributed by atoms with Gasteiger partial charge >= 0.3 is 0 Å². The summed E-state index contributed by atoms with van der Waals surface area (Å²) in [6, 6.07) is 8.41. The fourth-order valence-electron chi connectivity index (χ4n) is 2.72. The number of rotatable bonds is 4. The van der Waals surface area contributed by atoms with E-state index >= 15 is 0 Å². The van der Waals surface area contributed by atoms with Crippen LogP contribution in [0, 0.1) is 0 Å². The van der Waals surface area contributed by atoms with Crippen molar-refractivity contribution in [3.63, 3.8) is 0 Å². The monoisotopic (exact) mass is 298 g/mol. The van der Waals surface area contributed by atoms with Crippen molar-refractivity contribution in [3.05, 3.63) is 36.8 Å². The van der Waals surface area contributed by atoms with Gasteiger partial charge in [-0.25, -0.2) is 15.0 Å². The van der Waals surface area contributed by atoms with Crippen LogP contribution in [0.4, 0.5) is 17.5 Å². The normalized spacial score (nSPS) is 18.1. The Morgan fingerprint density at radius 2 is 2.14 bits per heavy atom. The molecule has 0 spiro atoms. The first-order chi connectivity index (χ1) is 10.7. The number of aromatic nitrogens is 3. The molecule has 1 unspecified atom stereocenters. The maximum Gasteiger partial charge on any atom is 0.133 e. The standard InChI is InChI=1S/C16H22N6/c1-21(2)16-10-14(18-12-19-16)20-13-6-5-9-22(11-13)15-7-3-4-8-17-15/h3-4,7-8,10,12-13H,5-6,9,11H2,1-2H3,(H,18,19,20). The van der Waals surface area contributed by atoms with Crippen LogP contribution in [-0.2, 0) is 0 Å². The highest BCUT2D eigenvalue weighted by Gasteiger charge is 2.21. The van der Waals surface area contributed by atoms with Crippen molar-refractivity contribution >= 4 is 17.5 Å². The van der Waals surface area contributed by atoms with E-state index in [1.807, 2.05) is 43.4 Å². The van der Waals surface area contributed by atoms with Gasteiger partial charge in [0.1, 0.15) is 23.8 Å². The van der Waals surface area contributed by atoms with Gasteiger partial charge in [-0.3, -0.25) is 0 Å². The first kappa shape index (κ1) is 14.6. The Bertz CT molecular complexity index is 601. The lowest BCUT2D eigenvalue weighted by Crippen LogP contribution is -2.42. The molecule has 0 amide bonds. The molecule has 3 rings (SSSR count). The Morgan fingerprint density at radius 3 is 2.91 bits per heavy atom. The first-order valence-electron chi connectivity index (χ1n) is 7.64. The highest BCUT2D eigenvalue weighted by Crippen LogP contribution is 2.20. The molecule has 6 heteroatoms. The summed E-state index contributed by atoms with van der Waals surface area (Å²) in [5.74, 6) is 2.84. The number of nitrogens with zero attached hydrogens (tertiary/aromatic N) is 5. The molecule has 1 atom stereocenters. The molecule has 2 aromatic heterocycles. The number of pyridine rings is 1. The van der Waals surface area contributed by atoms with Crippen molar-refractivity contribution in [2.75, 3.05) is 42.3 Å². The van der Waals surface area contributed by atoms with Crippen molar-refractivity contribution < 1.29 is 0 Å². The third kappa shape index (κ3) is 3.44. The predicted molar refractivity (Wildman–Crippen MR) is 89.5 cm³/mol. The SMILES string of the molecule is CN(C)c1cc(NC2CCCN(c3ccccn3)C2)ncn1. The van der Waals surface area contributed by atoms with E-state index in [0.29, 0.717) is 6.04 Å². The van der Waals surface area contributed by atoms with Crippen LogP contribution >= 0.6 is 0 Å². The highest BCUT2D eigenvalue weighted by atomic mass is 15.2. The van der Waals surface area contributed by atoms with Gasteiger partial charge in [-0.2, -0.15) is 0 Å². The summed E-state index contributed by atoms with van der Waals surface area (Å²) in [6.07, 6.45) is 5.75. The van der Waals surface area contributed by atoms with E-state index in [9.17, 15) is 0 Å². The van der Waals surface area contributed by atoms with E-state index in [1.54, 1.807) is 6.33 Å². The molecular weight excluding hydrogens is 276 g/mol. The van der Waals surface area contributed by atoms with E-state index < -0.39 is 0 Å². The molecule has 22 heavy (non-hydrogen) atoms. The van der Waals surface area contributed by atoms with Crippen LogP contribution in [0.2, 0.25) is 0 Å². The summed E-state index contributed by atoms with van der Waals surface area (Å²) in [4.78, 5) is 17.3. The molecule has 1 aliphatic heterocycles. The number of hydrogen-bond acceptors (Lipinski definition) is 6. The molecule has 0 radical (unpaired) electrons. The molecule has 6 nitrogen and oxygen atoms in total. The second-order valence-electron chi connectivity index (χ2n) is 5.77. The zero-order valence-corrected chi connectivity index (χ0v) is 13.1. The molecule has 0 aliphatic carbocycles. The lowest BCUT2D eigenvalue weighted by molar-refractivity contribution is 0.525. The average molecular weight is 298 g/mol. The lowest BCUT2D eigenvalue weighted by atomic mass is 10.1. The number of nitrogens with one attached hydrogen (secondary N) is 1. The van der Waals surface area contributed by atoms with Crippen molar-refractivity contribution in [2.24, 2.45) is 0 Å². The quantitative estimate of drug-likeness (QED) is 0.932. The zero-order valence-electron chi connectivity index (χ0n) is 13.1. The fraction of sp³-hybridized carbons (Fsp3) is 0.438. The Balaban J connectivity index is 1.67. The van der Waals surface area contributed by atoms with Gasteiger partial charge in [0.15, 0.2) is 0 Å². The Kier molecular flexibility index (Phi) is 4.37.